The Hall–Kier alpha value is -2.02. The maximum atomic E-state index is 12.7. The Balaban J connectivity index is 2.48. The molecule has 4 nitrogen and oxygen atoms in total. The largest absolute Gasteiger partial charge is 0.477 e. The SMILES string of the molecule is O=C(O)c1cc(-c2ccc(Cl)c(C(F)(F)F)c2)n[nH]1. The van der Waals surface area contributed by atoms with Crippen LogP contribution in [0.3, 0.4) is 0 Å². The molecule has 2 rings (SSSR count). The topological polar surface area (TPSA) is 66.0 Å². The van der Waals surface area contributed by atoms with Crippen LogP contribution in [-0.2, 0) is 6.18 Å². The Morgan fingerprint density at radius 3 is 2.53 bits per heavy atom. The van der Waals surface area contributed by atoms with Gasteiger partial charge in [-0.2, -0.15) is 18.3 Å². The second-order valence-electron chi connectivity index (χ2n) is 3.66. The first-order valence-corrected chi connectivity index (χ1v) is 5.32. The van der Waals surface area contributed by atoms with E-state index in [2.05, 4.69) is 10.2 Å². The van der Waals surface area contributed by atoms with Gasteiger partial charge in [-0.05, 0) is 18.2 Å². The Morgan fingerprint density at radius 1 is 1.32 bits per heavy atom. The van der Waals surface area contributed by atoms with Gasteiger partial charge in [-0.3, -0.25) is 5.10 Å². The molecule has 0 aliphatic carbocycles. The van der Waals surface area contributed by atoms with E-state index in [1.165, 1.54) is 6.07 Å². The Morgan fingerprint density at radius 2 is 2.00 bits per heavy atom. The smallest absolute Gasteiger partial charge is 0.417 e. The molecular formula is C11H6ClF3N2O2. The van der Waals surface area contributed by atoms with Gasteiger partial charge in [0.1, 0.15) is 5.69 Å². The maximum Gasteiger partial charge on any atom is 0.417 e. The summed E-state index contributed by atoms with van der Waals surface area (Å²) in [5.74, 6) is -1.25. The zero-order valence-electron chi connectivity index (χ0n) is 9.12. The minimum absolute atomic E-state index is 0.0968. The number of halogens is 4. The van der Waals surface area contributed by atoms with E-state index in [4.69, 9.17) is 16.7 Å². The number of aromatic carboxylic acids is 1. The fraction of sp³-hybridized carbons (Fsp3) is 0.0909. The van der Waals surface area contributed by atoms with Crippen LogP contribution in [0.2, 0.25) is 5.02 Å². The monoisotopic (exact) mass is 290 g/mol. The second-order valence-corrected chi connectivity index (χ2v) is 4.07. The number of carbonyl (C=O) groups is 1. The summed E-state index contributed by atoms with van der Waals surface area (Å²) < 4.78 is 38.0. The number of carboxylic acid groups (broad SMARTS) is 1. The minimum atomic E-state index is -4.58. The molecule has 100 valence electrons. The molecular weight excluding hydrogens is 285 g/mol. The summed E-state index contributed by atoms with van der Waals surface area (Å²) in [4.78, 5) is 10.7. The minimum Gasteiger partial charge on any atom is -0.477 e. The number of nitrogens with zero attached hydrogens (tertiary/aromatic N) is 1. The van der Waals surface area contributed by atoms with Crippen molar-refractivity contribution in [3.8, 4) is 11.3 Å². The number of carboxylic acids is 1. The van der Waals surface area contributed by atoms with Crippen molar-refractivity contribution >= 4 is 17.6 Å². The molecule has 0 atom stereocenters. The number of hydrogen-bond acceptors (Lipinski definition) is 2. The van der Waals surface area contributed by atoms with Crippen LogP contribution in [0.5, 0.6) is 0 Å². The first-order valence-electron chi connectivity index (χ1n) is 4.95. The molecule has 0 saturated carbocycles. The van der Waals surface area contributed by atoms with Crippen molar-refractivity contribution in [2.24, 2.45) is 0 Å². The van der Waals surface area contributed by atoms with Gasteiger partial charge in [0.05, 0.1) is 16.3 Å². The van der Waals surface area contributed by atoms with Gasteiger partial charge in [0.25, 0.3) is 0 Å². The van der Waals surface area contributed by atoms with Crippen molar-refractivity contribution in [1.29, 1.82) is 0 Å². The summed E-state index contributed by atoms with van der Waals surface area (Å²) in [7, 11) is 0. The summed E-state index contributed by atoms with van der Waals surface area (Å²) >= 11 is 5.48. The highest BCUT2D eigenvalue weighted by Crippen LogP contribution is 2.36. The lowest BCUT2D eigenvalue weighted by atomic mass is 10.1. The van der Waals surface area contributed by atoms with E-state index in [1.54, 1.807) is 0 Å². The summed E-state index contributed by atoms with van der Waals surface area (Å²) in [6.45, 7) is 0. The zero-order valence-corrected chi connectivity index (χ0v) is 9.88. The fourth-order valence-electron chi connectivity index (χ4n) is 1.48. The third-order valence-electron chi connectivity index (χ3n) is 2.38. The quantitative estimate of drug-likeness (QED) is 0.890. The molecule has 0 aliphatic rings. The van der Waals surface area contributed by atoms with E-state index < -0.39 is 22.7 Å². The molecule has 2 aromatic rings. The number of benzene rings is 1. The zero-order chi connectivity index (χ0) is 14.2. The average molecular weight is 291 g/mol. The molecule has 0 fully saturated rings. The lowest BCUT2D eigenvalue weighted by Crippen LogP contribution is -2.05. The molecule has 0 unspecified atom stereocenters. The number of rotatable bonds is 2. The normalized spacial score (nSPS) is 11.6. The highest BCUT2D eigenvalue weighted by atomic mass is 35.5. The predicted octanol–water partition coefficient (Wildman–Crippen LogP) is 3.45. The number of nitrogens with one attached hydrogen (secondary N) is 1. The summed E-state index contributed by atoms with van der Waals surface area (Å²) in [5, 5.41) is 14.1. The number of alkyl halides is 3. The molecule has 1 aromatic carbocycles. The number of H-pyrrole nitrogens is 1. The molecule has 8 heteroatoms. The van der Waals surface area contributed by atoms with Crippen LogP contribution in [0.15, 0.2) is 24.3 Å². The van der Waals surface area contributed by atoms with Gasteiger partial charge in [-0.25, -0.2) is 4.79 Å². The van der Waals surface area contributed by atoms with Crippen LogP contribution >= 0.6 is 11.6 Å². The van der Waals surface area contributed by atoms with E-state index in [0.717, 1.165) is 18.2 Å². The molecule has 0 radical (unpaired) electrons. The van der Waals surface area contributed by atoms with Crippen LogP contribution in [0.1, 0.15) is 16.1 Å². The Bertz CT molecular complexity index is 637. The summed E-state index contributed by atoms with van der Waals surface area (Å²) in [6.07, 6.45) is -4.58. The van der Waals surface area contributed by atoms with E-state index >= 15 is 0 Å². The summed E-state index contributed by atoms with van der Waals surface area (Å²) in [5.41, 5.74) is -0.981. The van der Waals surface area contributed by atoms with Crippen LogP contribution in [-0.4, -0.2) is 21.3 Å². The molecule has 2 N–H and O–H groups in total. The molecule has 0 bridgehead atoms. The van der Waals surface area contributed by atoms with E-state index in [0.29, 0.717) is 0 Å². The predicted molar refractivity (Wildman–Crippen MR) is 61.0 cm³/mol. The van der Waals surface area contributed by atoms with Gasteiger partial charge in [0, 0.05) is 5.56 Å². The van der Waals surface area contributed by atoms with Crippen molar-refractivity contribution in [1.82, 2.24) is 10.2 Å². The van der Waals surface area contributed by atoms with Crippen molar-refractivity contribution in [3.63, 3.8) is 0 Å². The third-order valence-corrected chi connectivity index (χ3v) is 2.71. The second kappa shape index (κ2) is 4.58. The van der Waals surface area contributed by atoms with E-state index in [-0.39, 0.29) is 17.0 Å². The van der Waals surface area contributed by atoms with Crippen molar-refractivity contribution in [3.05, 3.63) is 40.5 Å². The molecule has 0 saturated heterocycles. The third kappa shape index (κ3) is 2.70. The molecule has 1 aromatic heterocycles. The van der Waals surface area contributed by atoms with Gasteiger partial charge in [0.15, 0.2) is 0 Å². The van der Waals surface area contributed by atoms with Crippen molar-refractivity contribution < 1.29 is 23.1 Å². The fourth-order valence-corrected chi connectivity index (χ4v) is 1.71. The molecule has 0 amide bonds. The average Bonchev–Trinajstić information content (AvgIpc) is 2.77. The number of aromatic nitrogens is 2. The van der Waals surface area contributed by atoms with Crippen LogP contribution in [0, 0.1) is 0 Å². The van der Waals surface area contributed by atoms with Crippen molar-refractivity contribution in [2.45, 2.75) is 6.18 Å². The van der Waals surface area contributed by atoms with Crippen LogP contribution in [0.25, 0.3) is 11.3 Å². The van der Waals surface area contributed by atoms with Gasteiger partial charge < -0.3 is 5.11 Å². The number of aromatic amines is 1. The molecule has 1 heterocycles. The Labute approximate surface area is 109 Å². The van der Waals surface area contributed by atoms with E-state index in [1.807, 2.05) is 0 Å². The van der Waals surface area contributed by atoms with E-state index in [9.17, 15) is 18.0 Å². The van der Waals surface area contributed by atoms with Gasteiger partial charge >= 0.3 is 12.1 Å². The standard InChI is InChI=1S/C11H6ClF3N2O2/c12-7-2-1-5(3-6(7)11(13,14)15)8-4-9(10(18)19)17-16-8/h1-4H,(H,16,17)(H,18,19). The number of hydrogen-bond donors (Lipinski definition) is 2. The molecule has 0 spiro atoms. The Kier molecular flexibility index (Phi) is 3.23. The highest BCUT2D eigenvalue weighted by molar-refractivity contribution is 6.31. The maximum absolute atomic E-state index is 12.7. The lowest BCUT2D eigenvalue weighted by Gasteiger charge is -2.09. The first-order chi connectivity index (χ1) is 8.79. The van der Waals surface area contributed by atoms with Crippen molar-refractivity contribution in [2.75, 3.05) is 0 Å². The van der Waals surface area contributed by atoms with Gasteiger partial charge in [-0.1, -0.05) is 17.7 Å². The van der Waals surface area contributed by atoms with Crippen LogP contribution < -0.4 is 0 Å². The molecule has 19 heavy (non-hydrogen) atoms. The van der Waals surface area contributed by atoms with Gasteiger partial charge in [-0.15, -0.1) is 0 Å². The lowest BCUT2D eigenvalue weighted by molar-refractivity contribution is -0.137. The summed E-state index contributed by atoms with van der Waals surface area (Å²) in [6, 6.07) is 4.39. The van der Waals surface area contributed by atoms with Gasteiger partial charge in [0.2, 0.25) is 0 Å². The molecule has 0 aliphatic heterocycles. The highest BCUT2D eigenvalue weighted by Gasteiger charge is 2.33. The first kappa shape index (κ1) is 13.4. The van der Waals surface area contributed by atoms with Crippen LogP contribution in [0.4, 0.5) is 13.2 Å².